The normalized spacial score (nSPS) is 28.6. The molecule has 1 unspecified atom stereocenters. The van der Waals surface area contributed by atoms with E-state index in [2.05, 4.69) is 0 Å². The summed E-state index contributed by atoms with van der Waals surface area (Å²) in [6.45, 7) is 0.937. The lowest BCUT2D eigenvalue weighted by Gasteiger charge is -2.25. The van der Waals surface area contributed by atoms with E-state index in [1.54, 1.807) is 0 Å². The largest absolute Gasteiger partial charge is 0.338 e. The fraction of sp³-hybridized carbons (Fsp3) is 0.909. The van der Waals surface area contributed by atoms with E-state index in [0.29, 0.717) is 23.7 Å². The highest BCUT2D eigenvalue weighted by Crippen LogP contribution is 2.29. The van der Waals surface area contributed by atoms with Crippen molar-refractivity contribution in [2.24, 2.45) is 5.92 Å². The molecule has 2 fully saturated rings. The minimum absolute atomic E-state index is 0.318. The summed E-state index contributed by atoms with van der Waals surface area (Å²) in [4.78, 5) is 14.1. The zero-order valence-corrected chi connectivity index (χ0v) is 9.30. The lowest BCUT2D eigenvalue weighted by atomic mass is 10.1. The first kappa shape index (κ1) is 10.3. The summed E-state index contributed by atoms with van der Waals surface area (Å²) in [6.07, 6.45) is 6.90. The molecule has 0 aromatic carbocycles. The molecule has 0 radical (unpaired) electrons. The maximum atomic E-state index is 12.1. The third-order valence-electron chi connectivity index (χ3n) is 3.54. The second-order valence-electron chi connectivity index (χ2n) is 4.46. The van der Waals surface area contributed by atoms with Crippen molar-refractivity contribution in [1.29, 1.82) is 0 Å². The average Bonchev–Trinajstić information content (AvgIpc) is 2.87. The Kier molecular flexibility index (Phi) is 3.32. The van der Waals surface area contributed by atoms with E-state index in [-0.39, 0.29) is 0 Å². The van der Waals surface area contributed by atoms with E-state index in [9.17, 15) is 4.79 Å². The molecule has 1 atom stereocenters. The Balaban J connectivity index is 1.95. The van der Waals surface area contributed by atoms with Crippen LogP contribution in [0, 0.1) is 5.92 Å². The van der Waals surface area contributed by atoms with Gasteiger partial charge >= 0.3 is 0 Å². The van der Waals surface area contributed by atoms with E-state index in [1.165, 1.54) is 12.8 Å². The number of likely N-dealkylation sites (tertiary alicyclic amines) is 1. The summed E-state index contributed by atoms with van der Waals surface area (Å²) in [7, 11) is 0. The van der Waals surface area contributed by atoms with Crippen molar-refractivity contribution in [3.8, 4) is 0 Å². The minimum Gasteiger partial charge on any atom is -0.338 e. The average molecular weight is 216 g/mol. The number of rotatable bonds is 2. The van der Waals surface area contributed by atoms with Crippen molar-refractivity contribution in [1.82, 2.24) is 4.90 Å². The molecule has 3 heteroatoms. The van der Waals surface area contributed by atoms with E-state index < -0.39 is 0 Å². The molecule has 0 aromatic heterocycles. The maximum Gasteiger partial charge on any atom is 0.225 e. The van der Waals surface area contributed by atoms with Crippen LogP contribution in [0.1, 0.15) is 38.5 Å². The number of alkyl halides is 1. The van der Waals surface area contributed by atoms with Crippen LogP contribution in [0.15, 0.2) is 0 Å². The summed E-state index contributed by atoms with van der Waals surface area (Å²) in [5.74, 6) is 1.31. The molecular formula is C11H18ClNO. The fourth-order valence-electron chi connectivity index (χ4n) is 2.69. The smallest absolute Gasteiger partial charge is 0.225 e. The summed E-state index contributed by atoms with van der Waals surface area (Å²) in [5.41, 5.74) is 0. The van der Waals surface area contributed by atoms with Crippen LogP contribution in [0.3, 0.4) is 0 Å². The second kappa shape index (κ2) is 4.52. The van der Waals surface area contributed by atoms with Gasteiger partial charge in [-0.05, 0) is 25.7 Å². The molecular weight excluding hydrogens is 198 g/mol. The molecule has 2 rings (SSSR count). The minimum atomic E-state index is 0.318. The van der Waals surface area contributed by atoms with Crippen LogP contribution in [0.2, 0.25) is 0 Å². The van der Waals surface area contributed by atoms with E-state index >= 15 is 0 Å². The van der Waals surface area contributed by atoms with E-state index in [1.807, 2.05) is 4.90 Å². The van der Waals surface area contributed by atoms with Crippen molar-refractivity contribution in [3.05, 3.63) is 0 Å². The highest BCUT2D eigenvalue weighted by molar-refractivity contribution is 6.18. The number of halogens is 1. The highest BCUT2D eigenvalue weighted by atomic mass is 35.5. The van der Waals surface area contributed by atoms with Gasteiger partial charge in [0, 0.05) is 24.4 Å². The molecule has 1 heterocycles. The van der Waals surface area contributed by atoms with Crippen molar-refractivity contribution >= 4 is 17.5 Å². The molecule has 1 saturated carbocycles. The first-order valence-corrected chi connectivity index (χ1v) is 6.23. The van der Waals surface area contributed by atoms with Gasteiger partial charge in [0.05, 0.1) is 0 Å². The zero-order valence-electron chi connectivity index (χ0n) is 8.54. The van der Waals surface area contributed by atoms with Gasteiger partial charge in [-0.15, -0.1) is 11.6 Å². The first-order valence-electron chi connectivity index (χ1n) is 5.69. The topological polar surface area (TPSA) is 20.3 Å². The molecule has 80 valence electrons. The second-order valence-corrected chi connectivity index (χ2v) is 4.77. The van der Waals surface area contributed by atoms with Gasteiger partial charge in [-0.25, -0.2) is 0 Å². The van der Waals surface area contributed by atoms with Gasteiger partial charge in [-0.1, -0.05) is 12.8 Å². The van der Waals surface area contributed by atoms with Crippen molar-refractivity contribution < 1.29 is 4.79 Å². The monoisotopic (exact) mass is 215 g/mol. The Bertz CT molecular complexity index is 213. The van der Waals surface area contributed by atoms with Crippen LogP contribution < -0.4 is 0 Å². The number of amides is 1. The number of carbonyl (C=O) groups excluding carboxylic acids is 1. The molecule has 1 saturated heterocycles. The number of carbonyl (C=O) groups is 1. The molecule has 0 aromatic rings. The molecule has 0 spiro atoms. The van der Waals surface area contributed by atoms with Crippen molar-refractivity contribution in [2.75, 3.05) is 12.4 Å². The van der Waals surface area contributed by atoms with Gasteiger partial charge < -0.3 is 4.90 Å². The molecule has 1 aliphatic heterocycles. The van der Waals surface area contributed by atoms with Crippen LogP contribution in [-0.2, 0) is 4.79 Å². The molecule has 0 bridgehead atoms. The zero-order chi connectivity index (χ0) is 9.97. The molecule has 2 aliphatic rings. The summed E-state index contributed by atoms with van der Waals surface area (Å²) in [5, 5.41) is 0. The maximum absolute atomic E-state index is 12.1. The highest BCUT2D eigenvalue weighted by Gasteiger charge is 2.33. The molecule has 1 amide bonds. The predicted molar refractivity (Wildman–Crippen MR) is 57.4 cm³/mol. The first-order chi connectivity index (χ1) is 6.83. The van der Waals surface area contributed by atoms with Gasteiger partial charge in [0.25, 0.3) is 0 Å². The summed E-state index contributed by atoms with van der Waals surface area (Å²) >= 11 is 5.86. The molecule has 1 aliphatic carbocycles. The predicted octanol–water partition coefficient (Wildman–Crippen LogP) is 2.41. The summed E-state index contributed by atoms with van der Waals surface area (Å²) < 4.78 is 0. The van der Waals surface area contributed by atoms with Gasteiger partial charge in [-0.2, -0.15) is 0 Å². The van der Waals surface area contributed by atoms with Crippen LogP contribution in [-0.4, -0.2) is 29.3 Å². The van der Waals surface area contributed by atoms with E-state index in [0.717, 1.165) is 32.2 Å². The Labute approximate surface area is 90.6 Å². The Morgan fingerprint density at radius 1 is 1.21 bits per heavy atom. The third kappa shape index (κ3) is 1.90. The Morgan fingerprint density at radius 2 is 1.93 bits per heavy atom. The van der Waals surface area contributed by atoms with Crippen LogP contribution in [0.4, 0.5) is 0 Å². The van der Waals surface area contributed by atoms with Crippen LogP contribution in [0.25, 0.3) is 0 Å². The third-order valence-corrected chi connectivity index (χ3v) is 3.90. The number of hydrogen-bond donors (Lipinski definition) is 0. The molecule has 0 N–H and O–H groups in total. The molecule has 14 heavy (non-hydrogen) atoms. The Hall–Kier alpha value is -0.240. The number of nitrogens with zero attached hydrogens (tertiary/aromatic N) is 1. The summed E-state index contributed by atoms with van der Waals surface area (Å²) in [6, 6.07) is 0.324. The number of hydrogen-bond acceptors (Lipinski definition) is 1. The standard InChI is InChI=1S/C11H18ClNO/c12-8-10-6-3-7-13(10)11(14)9-4-1-2-5-9/h9-10H,1-8H2. The van der Waals surface area contributed by atoms with Crippen molar-refractivity contribution in [3.63, 3.8) is 0 Å². The van der Waals surface area contributed by atoms with Crippen molar-refractivity contribution in [2.45, 2.75) is 44.6 Å². The van der Waals surface area contributed by atoms with Crippen LogP contribution >= 0.6 is 11.6 Å². The molecule has 2 nitrogen and oxygen atoms in total. The van der Waals surface area contributed by atoms with E-state index in [4.69, 9.17) is 11.6 Å². The van der Waals surface area contributed by atoms with Gasteiger partial charge in [0.1, 0.15) is 0 Å². The fourth-order valence-corrected chi connectivity index (χ4v) is 3.01. The van der Waals surface area contributed by atoms with Gasteiger partial charge in [-0.3, -0.25) is 4.79 Å². The van der Waals surface area contributed by atoms with Crippen LogP contribution in [0.5, 0.6) is 0 Å². The van der Waals surface area contributed by atoms with Gasteiger partial charge in [0.15, 0.2) is 0 Å². The Morgan fingerprint density at radius 3 is 2.57 bits per heavy atom. The SMILES string of the molecule is O=C(C1CCCC1)N1CCCC1CCl. The lowest BCUT2D eigenvalue weighted by Crippen LogP contribution is -2.39. The van der Waals surface area contributed by atoms with Gasteiger partial charge in [0.2, 0.25) is 5.91 Å². The quantitative estimate of drug-likeness (QED) is 0.648. The lowest BCUT2D eigenvalue weighted by molar-refractivity contribution is -0.135.